The van der Waals surface area contributed by atoms with Crippen molar-refractivity contribution in [2.75, 3.05) is 98.2 Å². The summed E-state index contributed by atoms with van der Waals surface area (Å²) in [6, 6.07) is 2.74. The molecule has 85 heavy (non-hydrogen) atoms. The average Bonchev–Trinajstić information content (AvgIpc) is 4.18. The van der Waals surface area contributed by atoms with Gasteiger partial charge in [0.15, 0.2) is 5.78 Å². The molecule has 26 nitrogen and oxygen atoms in total. The molecule has 2 aliphatic rings. The number of carboxylic acid groups (broad SMARTS) is 4. The SMILES string of the molecule is CC[C@H](C)[C@H](NC(=O)[C@@H](N)CC(C)C)C(=O)C[C@@H](CCCCN)C(=O)N[C@@H](CCCCN)C(=O)N1CCC[C@H]1C(=O)NC(Cc1ccccc1)C(=O)NCCCC(C(=O)O)N1CCN(CC(=O)[O-])CCN(CC(=O)[O-])CCN(CC(=O)[O-])CC1.[Ga+3]. The topological polar surface area (TPSA) is 402 Å². The van der Waals surface area contributed by atoms with Crippen LogP contribution in [0.3, 0.4) is 0 Å². The third kappa shape index (κ3) is 28.2. The zero-order chi connectivity index (χ0) is 62.3. The van der Waals surface area contributed by atoms with E-state index in [1.54, 1.807) is 35.2 Å². The number of nitrogens with two attached hydrogens (primary N) is 3. The van der Waals surface area contributed by atoms with Gasteiger partial charge in [0.1, 0.15) is 24.2 Å². The maximum Gasteiger partial charge on any atom is 3.00 e. The van der Waals surface area contributed by atoms with E-state index >= 15 is 0 Å². The predicted octanol–water partition coefficient (Wildman–Crippen LogP) is -4.63. The van der Waals surface area contributed by atoms with Crippen molar-refractivity contribution in [1.82, 2.24) is 45.8 Å². The standard InChI is InChI=1S/C58H98N12O14.Ga/c1-5-40(4)52(65-54(79)43(61)33-39(2)3)48(71)35-42(17-9-11-21-59)53(78)63-44(18-10-12-22-60)57(82)70-24-14-20-46(70)56(81)64-45(34-41-15-7-6-8-16-41)55(80)62-23-13-19-47(58(83)84)69-31-29-67(37-50(74)75)27-25-66(36-49(72)73)26-28-68(30-32-69)38-51(76)77;/h6-8,15-16,39-40,42-47,52H,5,9-14,17-38,59-61H2,1-4H3,(H,62,80)(H,63,78)(H,64,81)(H,65,79)(H,72,73)(H,74,75)(H,76,77)(H,83,84);/q;+3/p-3/t40-,42+,43-,44-,45?,46-,47?,52-;/m0./s1. The zero-order valence-electron chi connectivity index (χ0n) is 50.4. The number of rotatable bonds is 37. The van der Waals surface area contributed by atoms with Crippen LogP contribution in [-0.2, 0) is 54.4 Å². The molecular formula is C58H95GaN12O14. The van der Waals surface area contributed by atoms with E-state index in [0.717, 1.165) is 0 Å². The van der Waals surface area contributed by atoms with Gasteiger partial charge in [-0.3, -0.25) is 53.2 Å². The van der Waals surface area contributed by atoms with E-state index in [2.05, 4.69) is 21.3 Å². The second kappa shape index (κ2) is 40.8. The number of amides is 5. The van der Waals surface area contributed by atoms with Crippen LogP contribution in [0.2, 0.25) is 0 Å². The number of hydrogen-bond acceptors (Lipinski definition) is 20. The van der Waals surface area contributed by atoms with Gasteiger partial charge in [-0.25, -0.2) is 0 Å². The van der Waals surface area contributed by atoms with Crippen LogP contribution in [0.15, 0.2) is 30.3 Å². The Labute approximate surface area is 513 Å². The monoisotopic (exact) mass is 1250 g/mol. The third-order valence-electron chi connectivity index (χ3n) is 15.7. The third-order valence-corrected chi connectivity index (χ3v) is 15.7. The molecule has 1 aromatic carbocycles. The first-order chi connectivity index (χ1) is 40.0. The molecule has 0 aromatic heterocycles. The minimum Gasteiger partial charge on any atom is -0.549 e. The van der Waals surface area contributed by atoms with Gasteiger partial charge in [0.05, 0.1) is 30.0 Å². The van der Waals surface area contributed by atoms with Gasteiger partial charge < -0.3 is 78.2 Å². The van der Waals surface area contributed by atoms with Gasteiger partial charge in [0, 0.05) is 104 Å². The van der Waals surface area contributed by atoms with Gasteiger partial charge in [-0.15, -0.1) is 0 Å². The van der Waals surface area contributed by atoms with Gasteiger partial charge in [-0.2, -0.15) is 0 Å². The zero-order valence-corrected chi connectivity index (χ0v) is 52.8. The van der Waals surface area contributed by atoms with Crippen molar-refractivity contribution in [3.63, 3.8) is 0 Å². The van der Waals surface area contributed by atoms with Crippen LogP contribution in [0.5, 0.6) is 0 Å². The number of hydrogen-bond donors (Lipinski definition) is 8. The Morgan fingerprint density at radius 1 is 0.659 bits per heavy atom. The number of likely N-dealkylation sites (tertiary alicyclic amines) is 1. The van der Waals surface area contributed by atoms with Crippen LogP contribution >= 0.6 is 0 Å². The van der Waals surface area contributed by atoms with Crippen LogP contribution in [0, 0.1) is 17.8 Å². The molecule has 8 atom stereocenters. The van der Waals surface area contributed by atoms with Crippen LogP contribution in [0.1, 0.15) is 117 Å². The Bertz CT molecular complexity index is 2240. The first kappa shape index (κ1) is 75.6. The van der Waals surface area contributed by atoms with Crippen molar-refractivity contribution in [2.45, 2.75) is 154 Å². The first-order valence-corrected chi connectivity index (χ1v) is 29.9. The Morgan fingerprint density at radius 3 is 1.71 bits per heavy atom. The summed E-state index contributed by atoms with van der Waals surface area (Å²) in [7, 11) is 0. The molecule has 2 fully saturated rings. The number of carbonyl (C=O) groups excluding carboxylic acids is 9. The summed E-state index contributed by atoms with van der Waals surface area (Å²) in [5.74, 6) is -9.40. The molecule has 27 heteroatoms. The van der Waals surface area contributed by atoms with Crippen molar-refractivity contribution in [1.29, 1.82) is 0 Å². The summed E-state index contributed by atoms with van der Waals surface area (Å²) in [5.41, 5.74) is 18.6. The van der Waals surface area contributed by atoms with Crippen LogP contribution < -0.4 is 53.8 Å². The van der Waals surface area contributed by atoms with E-state index < -0.39 is 115 Å². The predicted molar refractivity (Wildman–Crippen MR) is 312 cm³/mol. The summed E-state index contributed by atoms with van der Waals surface area (Å²) in [6.45, 7) is 7.39. The molecule has 2 unspecified atom stereocenters. The summed E-state index contributed by atoms with van der Waals surface area (Å²) in [6.07, 6.45) is 4.18. The van der Waals surface area contributed by atoms with Crippen LogP contribution in [0.4, 0.5) is 0 Å². The molecule has 0 bridgehead atoms. The van der Waals surface area contributed by atoms with Crippen molar-refractivity contribution in [3.05, 3.63) is 35.9 Å². The fraction of sp³-hybridized carbons (Fsp3) is 0.724. The minimum atomic E-state index is -1.39. The Balaban J connectivity index is 0.0000247. The normalized spacial score (nSPS) is 18.4. The second-order valence-corrected chi connectivity index (χ2v) is 22.8. The number of carbonyl (C=O) groups is 10. The molecule has 2 saturated heterocycles. The van der Waals surface area contributed by atoms with Gasteiger partial charge in [-0.1, -0.05) is 70.9 Å². The molecule has 0 radical (unpaired) electrons. The van der Waals surface area contributed by atoms with Gasteiger partial charge >= 0.3 is 25.8 Å². The molecule has 0 spiro atoms. The van der Waals surface area contributed by atoms with Crippen molar-refractivity contribution >= 4 is 79.0 Å². The van der Waals surface area contributed by atoms with Crippen molar-refractivity contribution in [3.8, 4) is 0 Å². The van der Waals surface area contributed by atoms with E-state index in [9.17, 15) is 68.4 Å². The summed E-state index contributed by atoms with van der Waals surface area (Å²) in [5, 5.41) is 57.0. The molecule has 11 N–H and O–H groups in total. The number of benzene rings is 1. The summed E-state index contributed by atoms with van der Waals surface area (Å²) >= 11 is 0. The second-order valence-electron chi connectivity index (χ2n) is 22.8. The molecule has 2 heterocycles. The molecule has 5 amide bonds. The molecule has 3 rings (SSSR count). The Kier molecular flexibility index (Phi) is 36.3. The van der Waals surface area contributed by atoms with Gasteiger partial charge in [-0.05, 0) is 94.7 Å². The number of nitrogens with zero attached hydrogens (tertiary/aromatic N) is 5. The van der Waals surface area contributed by atoms with Crippen LogP contribution in [-0.4, -0.2) is 243 Å². The maximum absolute atomic E-state index is 14.7. The fourth-order valence-corrected chi connectivity index (χ4v) is 10.7. The molecular weight excluding hydrogens is 1160 g/mol. The smallest absolute Gasteiger partial charge is 0.549 e. The number of nitrogens with one attached hydrogen (secondary N) is 4. The van der Waals surface area contributed by atoms with Crippen LogP contribution in [0.25, 0.3) is 0 Å². The minimum absolute atomic E-state index is 0. The fourth-order valence-electron chi connectivity index (χ4n) is 10.7. The van der Waals surface area contributed by atoms with E-state index in [-0.39, 0.29) is 148 Å². The van der Waals surface area contributed by atoms with E-state index in [1.807, 2.05) is 27.7 Å². The Morgan fingerprint density at radius 2 is 1.20 bits per heavy atom. The summed E-state index contributed by atoms with van der Waals surface area (Å²) in [4.78, 5) is 140. The number of ketones is 1. The number of Topliss-reactive ketones (excluding diaryl/α,β-unsaturated/α-hetero) is 1. The summed E-state index contributed by atoms with van der Waals surface area (Å²) < 4.78 is 0. The maximum atomic E-state index is 14.7. The van der Waals surface area contributed by atoms with E-state index in [0.29, 0.717) is 63.6 Å². The van der Waals surface area contributed by atoms with Gasteiger partial charge in [0.2, 0.25) is 29.5 Å². The van der Waals surface area contributed by atoms with Crippen molar-refractivity contribution < 1.29 is 68.4 Å². The molecule has 1 aromatic rings. The molecule has 2 aliphatic heterocycles. The average molecular weight is 1250 g/mol. The molecule has 0 aliphatic carbocycles. The molecule has 474 valence electrons. The Hall–Kier alpha value is -5.52. The number of carboxylic acids is 4. The molecule has 0 saturated carbocycles. The van der Waals surface area contributed by atoms with Crippen molar-refractivity contribution in [2.24, 2.45) is 35.0 Å². The van der Waals surface area contributed by atoms with E-state index in [4.69, 9.17) is 17.2 Å². The quantitative estimate of drug-likeness (QED) is 0.0229. The van der Waals surface area contributed by atoms with E-state index in [1.165, 1.54) is 19.6 Å². The van der Waals surface area contributed by atoms with Gasteiger partial charge in [0.25, 0.3) is 0 Å². The number of aliphatic carboxylic acids is 4. The largest absolute Gasteiger partial charge is 3.00 e. The first-order valence-electron chi connectivity index (χ1n) is 29.9. The number of unbranched alkanes of at least 4 members (excludes halogenated alkanes) is 2.